The molecule has 1 heterocycles. The van der Waals surface area contributed by atoms with Crippen LogP contribution in [0.2, 0.25) is 0 Å². The molecule has 0 saturated heterocycles. The number of benzene rings is 1. The van der Waals surface area contributed by atoms with E-state index in [1.54, 1.807) is 19.1 Å². The number of methoxy groups -OCH3 is 1. The second-order valence-electron chi connectivity index (χ2n) is 3.99. The lowest BCUT2D eigenvalue weighted by Crippen LogP contribution is -2.15. The SMILES string of the molecule is COc1cc(Br)cc(/C=N/Nc2nc(=O)[nH]nc2C)c1O. The highest BCUT2D eigenvalue weighted by atomic mass is 79.9. The summed E-state index contributed by atoms with van der Waals surface area (Å²) in [6, 6.07) is 3.30. The standard InChI is InChI=1S/C12H12BrN5O3/c1-6-11(15-12(20)18-16-6)17-14-5-7-3-8(13)4-9(21-2)10(7)19/h3-5,19H,1-2H3,(H2,15,17,18,20)/b14-5+. The normalized spacial score (nSPS) is 10.8. The maximum absolute atomic E-state index is 11.1. The predicted molar refractivity (Wildman–Crippen MR) is 81.0 cm³/mol. The molecule has 9 heteroatoms. The van der Waals surface area contributed by atoms with E-state index in [2.05, 4.69) is 41.6 Å². The Kier molecular flexibility index (Phi) is 4.53. The lowest BCUT2D eigenvalue weighted by molar-refractivity contribution is 0.373. The summed E-state index contributed by atoms with van der Waals surface area (Å²) in [4.78, 5) is 14.8. The molecule has 0 bridgehead atoms. The summed E-state index contributed by atoms with van der Waals surface area (Å²) >= 11 is 3.30. The Morgan fingerprint density at radius 1 is 1.52 bits per heavy atom. The van der Waals surface area contributed by atoms with Gasteiger partial charge in [0.05, 0.1) is 13.3 Å². The molecule has 8 nitrogen and oxygen atoms in total. The third kappa shape index (κ3) is 3.57. The predicted octanol–water partition coefficient (Wildman–Crippen LogP) is 1.40. The molecule has 0 aliphatic carbocycles. The van der Waals surface area contributed by atoms with Crippen molar-refractivity contribution in [3.63, 3.8) is 0 Å². The van der Waals surface area contributed by atoms with Gasteiger partial charge in [-0.15, -0.1) is 0 Å². The van der Waals surface area contributed by atoms with Crippen LogP contribution in [0.5, 0.6) is 11.5 Å². The maximum Gasteiger partial charge on any atom is 0.363 e. The summed E-state index contributed by atoms with van der Waals surface area (Å²) in [5.74, 6) is 0.509. The minimum atomic E-state index is -0.578. The molecule has 0 aliphatic rings. The van der Waals surface area contributed by atoms with E-state index in [4.69, 9.17) is 4.74 Å². The Balaban J connectivity index is 2.24. The van der Waals surface area contributed by atoms with Crippen molar-refractivity contribution in [3.05, 3.63) is 38.3 Å². The second kappa shape index (κ2) is 6.35. The van der Waals surface area contributed by atoms with Gasteiger partial charge in [0.2, 0.25) is 0 Å². The van der Waals surface area contributed by atoms with Crippen LogP contribution in [0.3, 0.4) is 0 Å². The number of nitrogens with zero attached hydrogens (tertiary/aromatic N) is 3. The first kappa shape index (κ1) is 15.0. The topological polar surface area (TPSA) is 112 Å². The highest BCUT2D eigenvalue weighted by Gasteiger charge is 2.08. The number of aromatic nitrogens is 3. The van der Waals surface area contributed by atoms with Crippen molar-refractivity contribution in [1.82, 2.24) is 15.2 Å². The molecule has 0 amide bonds. The smallest absolute Gasteiger partial charge is 0.363 e. The van der Waals surface area contributed by atoms with Crippen LogP contribution in [-0.2, 0) is 0 Å². The molecule has 110 valence electrons. The first-order valence-electron chi connectivity index (χ1n) is 5.80. The fourth-order valence-electron chi connectivity index (χ4n) is 1.51. The fraction of sp³-hybridized carbons (Fsp3) is 0.167. The Labute approximate surface area is 128 Å². The number of hydrogen-bond acceptors (Lipinski definition) is 7. The summed E-state index contributed by atoms with van der Waals surface area (Å²) in [5.41, 5.74) is 2.94. The zero-order valence-corrected chi connectivity index (χ0v) is 12.8. The molecule has 0 unspecified atom stereocenters. The van der Waals surface area contributed by atoms with Crippen LogP contribution in [0.1, 0.15) is 11.3 Å². The lowest BCUT2D eigenvalue weighted by atomic mass is 10.2. The molecule has 1 aromatic heterocycles. The third-order valence-electron chi connectivity index (χ3n) is 2.54. The van der Waals surface area contributed by atoms with Gasteiger partial charge >= 0.3 is 5.69 Å². The van der Waals surface area contributed by atoms with E-state index >= 15 is 0 Å². The maximum atomic E-state index is 11.1. The average Bonchev–Trinajstić information content (AvgIpc) is 2.45. The minimum absolute atomic E-state index is 0.0417. The number of nitrogens with one attached hydrogen (secondary N) is 2. The van der Waals surface area contributed by atoms with Crippen molar-refractivity contribution >= 4 is 28.0 Å². The second-order valence-corrected chi connectivity index (χ2v) is 4.91. The lowest BCUT2D eigenvalue weighted by Gasteiger charge is -2.07. The van der Waals surface area contributed by atoms with E-state index in [1.165, 1.54) is 13.3 Å². The van der Waals surface area contributed by atoms with Crippen molar-refractivity contribution in [2.24, 2.45) is 5.10 Å². The van der Waals surface area contributed by atoms with E-state index in [0.717, 1.165) is 4.47 Å². The summed E-state index contributed by atoms with van der Waals surface area (Å²) in [6.07, 6.45) is 1.38. The summed E-state index contributed by atoms with van der Waals surface area (Å²) in [6.45, 7) is 1.67. The zero-order chi connectivity index (χ0) is 15.4. The van der Waals surface area contributed by atoms with Crippen LogP contribution in [-0.4, -0.2) is 33.6 Å². The van der Waals surface area contributed by atoms with E-state index < -0.39 is 5.69 Å². The first-order chi connectivity index (χ1) is 10.0. The molecule has 0 saturated carbocycles. The van der Waals surface area contributed by atoms with Crippen LogP contribution in [0.4, 0.5) is 5.82 Å². The Bertz CT molecular complexity index is 744. The van der Waals surface area contributed by atoms with Gasteiger partial charge in [-0.1, -0.05) is 15.9 Å². The number of hydrogen-bond donors (Lipinski definition) is 3. The van der Waals surface area contributed by atoms with E-state index in [0.29, 0.717) is 17.0 Å². The van der Waals surface area contributed by atoms with Crippen molar-refractivity contribution in [2.45, 2.75) is 6.92 Å². The number of H-pyrrole nitrogens is 1. The van der Waals surface area contributed by atoms with Crippen molar-refractivity contribution in [1.29, 1.82) is 0 Å². The van der Waals surface area contributed by atoms with Gasteiger partial charge < -0.3 is 9.84 Å². The number of aromatic amines is 1. The van der Waals surface area contributed by atoms with Gasteiger partial charge in [-0.05, 0) is 19.1 Å². The largest absolute Gasteiger partial charge is 0.504 e. The summed E-state index contributed by atoms with van der Waals surface area (Å²) in [5, 5.41) is 19.8. The van der Waals surface area contributed by atoms with E-state index in [9.17, 15) is 9.90 Å². The van der Waals surface area contributed by atoms with Gasteiger partial charge in [0.15, 0.2) is 17.3 Å². The number of halogens is 1. The molecule has 0 radical (unpaired) electrons. The van der Waals surface area contributed by atoms with Crippen LogP contribution in [0.15, 0.2) is 26.5 Å². The Hall–Kier alpha value is -2.42. The van der Waals surface area contributed by atoms with Crippen LogP contribution >= 0.6 is 15.9 Å². The molecule has 2 rings (SSSR count). The van der Waals surface area contributed by atoms with Gasteiger partial charge in [0.25, 0.3) is 0 Å². The third-order valence-corrected chi connectivity index (χ3v) is 3.00. The number of anilines is 1. The van der Waals surface area contributed by atoms with E-state index in [-0.39, 0.29) is 11.6 Å². The summed E-state index contributed by atoms with van der Waals surface area (Å²) in [7, 11) is 1.45. The molecule has 0 spiro atoms. The molecular weight excluding hydrogens is 342 g/mol. The van der Waals surface area contributed by atoms with Gasteiger partial charge in [-0.25, -0.2) is 9.89 Å². The quantitative estimate of drug-likeness (QED) is 0.565. The Morgan fingerprint density at radius 3 is 3.00 bits per heavy atom. The van der Waals surface area contributed by atoms with Gasteiger partial charge in [0, 0.05) is 10.0 Å². The molecule has 0 atom stereocenters. The number of aromatic hydroxyl groups is 1. The van der Waals surface area contributed by atoms with Crippen molar-refractivity contribution < 1.29 is 9.84 Å². The molecule has 2 aromatic rings. The zero-order valence-electron chi connectivity index (χ0n) is 11.2. The monoisotopic (exact) mass is 353 g/mol. The van der Waals surface area contributed by atoms with Gasteiger partial charge in [0.1, 0.15) is 5.69 Å². The Morgan fingerprint density at radius 2 is 2.29 bits per heavy atom. The summed E-state index contributed by atoms with van der Waals surface area (Å²) < 4.78 is 5.76. The van der Waals surface area contributed by atoms with Crippen LogP contribution < -0.4 is 15.9 Å². The molecule has 0 fully saturated rings. The molecular formula is C12H12BrN5O3. The first-order valence-corrected chi connectivity index (χ1v) is 6.59. The number of rotatable bonds is 4. The minimum Gasteiger partial charge on any atom is -0.504 e. The highest BCUT2D eigenvalue weighted by Crippen LogP contribution is 2.32. The number of phenols is 1. The van der Waals surface area contributed by atoms with Crippen LogP contribution in [0.25, 0.3) is 0 Å². The molecule has 3 N–H and O–H groups in total. The van der Waals surface area contributed by atoms with Gasteiger partial charge in [-0.3, -0.25) is 5.43 Å². The van der Waals surface area contributed by atoms with E-state index in [1.807, 2.05) is 0 Å². The van der Waals surface area contributed by atoms with Gasteiger partial charge in [-0.2, -0.15) is 15.2 Å². The molecule has 1 aromatic carbocycles. The fourth-order valence-corrected chi connectivity index (χ4v) is 1.96. The molecule has 0 aliphatic heterocycles. The number of phenolic OH excluding ortho intramolecular Hbond substituents is 1. The van der Waals surface area contributed by atoms with Crippen molar-refractivity contribution in [3.8, 4) is 11.5 Å². The average molecular weight is 354 g/mol. The number of aryl methyl sites for hydroxylation is 1. The molecule has 21 heavy (non-hydrogen) atoms. The van der Waals surface area contributed by atoms with Crippen molar-refractivity contribution in [2.75, 3.05) is 12.5 Å². The van der Waals surface area contributed by atoms with Crippen LogP contribution in [0, 0.1) is 6.92 Å². The number of ether oxygens (including phenoxy) is 1. The number of hydrazone groups is 1. The highest BCUT2D eigenvalue weighted by molar-refractivity contribution is 9.10.